The highest BCUT2D eigenvalue weighted by atomic mass is 16.5. The number of carbonyl (C=O) groups is 2. The Morgan fingerprint density at radius 3 is 2.73 bits per heavy atom. The number of amides is 1. The lowest BCUT2D eigenvalue weighted by molar-refractivity contribution is -0.169. The molecular formula is C29H36N2O6. The van der Waals surface area contributed by atoms with Gasteiger partial charge in [0.15, 0.2) is 0 Å². The minimum atomic E-state index is -0.845. The van der Waals surface area contributed by atoms with Crippen LogP contribution in [0.2, 0.25) is 0 Å². The molecule has 2 N–H and O–H groups in total. The molecule has 2 aromatic rings. The van der Waals surface area contributed by atoms with E-state index in [-0.39, 0.29) is 24.3 Å². The number of carboxylic acid groups (broad SMARTS) is 1. The van der Waals surface area contributed by atoms with E-state index in [1.807, 2.05) is 67.4 Å². The van der Waals surface area contributed by atoms with Gasteiger partial charge in [-0.2, -0.15) is 0 Å². The fraction of sp³-hybridized carbons (Fsp3) is 0.517. The number of rotatable bonds is 8. The third kappa shape index (κ3) is 4.92. The van der Waals surface area contributed by atoms with Crippen molar-refractivity contribution in [3.05, 3.63) is 59.7 Å². The van der Waals surface area contributed by atoms with Gasteiger partial charge in [-0.25, -0.2) is 0 Å². The first-order valence-corrected chi connectivity index (χ1v) is 13.2. The van der Waals surface area contributed by atoms with Gasteiger partial charge in [0.1, 0.15) is 23.7 Å². The van der Waals surface area contributed by atoms with Crippen molar-refractivity contribution in [2.24, 2.45) is 5.92 Å². The summed E-state index contributed by atoms with van der Waals surface area (Å²) in [5, 5.41) is 12.5. The molecule has 1 spiro atoms. The Morgan fingerprint density at radius 1 is 1.19 bits per heavy atom. The van der Waals surface area contributed by atoms with Crippen molar-refractivity contribution < 1.29 is 28.9 Å². The lowest BCUT2D eigenvalue weighted by Crippen LogP contribution is -2.60. The topological polar surface area (TPSA) is 97.3 Å². The Hall–Kier alpha value is -3.10. The molecule has 2 fully saturated rings. The zero-order chi connectivity index (χ0) is 26.0. The second-order valence-corrected chi connectivity index (χ2v) is 10.6. The summed E-state index contributed by atoms with van der Waals surface area (Å²) in [5.74, 6) is 0.559. The number of nitrogens with zero attached hydrogens (tertiary/aromatic N) is 1. The number of ether oxygens (including phenoxy) is 3. The summed E-state index contributed by atoms with van der Waals surface area (Å²) in [6.45, 7) is 4.43. The summed E-state index contributed by atoms with van der Waals surface area (Å²) < 4.78 is 18.8. The SMILES string of the molecule is CNCCOc1ccc(C(=O)N2CCC[C@]23CO[C@H]2c4ccccc4O[C@@](C)(CCC(=O)O)[C@@H]2C3)cc1. The van der Waals surface area contributed by atoms with Crippen LogP contribution in [0.4, 0.5) is 0 Å². The van der Waals surface area contributed by atoms with Gasteiger partial charge in [0, 0.05) is 36.6 Å². The molecule has 5 rings (SSSR count). The number of hydrogen-bond acceptors (Lipinski definition) is 6. The van der Waals surface area contributed by atoms with Crippen molar-refractivity contribution in [1.82, 2.24) is 10.2 Å². The Bertz CT molecular complexity index is 1140. The van der Waals surface area contributed by atoms with Gasteiger partial charge in [-0.1, -0.05) is 18.2 Å². The third-order valence-corrected chi connectivity index (χ3v) is 8.25. The number of para-hydroxylation sites is 1. The zero-order valence-electron chi connectivity index (χ0n) is 21.6. The second kappa shape index (κ2) is 10.3. The van der Waals surface area contributed by atoms with Gasteiger partial charge >= 0.3 is 5.97 Å². The van der Waals surface area contributed by atoms with Crippen molar-refractivity contribution in [3.8, 4) is 11.5 Å². The van der Waals surface area contributed by atoms with Crippen LogP contribution in [-0.2, 0) is 9.53 Å². The molecule has 4 atom stereocenters. The van der Waals surface area contributed by atoms with Crippen molar-refractivity contribution >= 4 is 11.9 Å². The minimum Gasteiger partial charge on any atom is -0.492 e. The Balaban J connectivity index is 1.39. The molecule has 0 unspecified atom stereocenters. The van der Waals surface area contributed by atoms with Gasteiger partial charge in [-0.05, 0) is 70.0 Å². The van der Waals surface area contributed by atoms with E-state index in [0.717, 1.165) is 36.4 Å². The standard InChI is InChI=1S/C29H36N2O6/c1-28(14-12-25(32)33)23-18-29(19-36-26(23)22-6-3-4-7-24(22)37-28)13-5-16-31(29)27(34)20-8-10-21(11-9-20)35-17-15-30-2/h3-4,6-11,23,26,30H,5,12-19H2,1-2H3,(H,32,33)/t23-,26+,28+,29+/m1/s1. The first-order valence-electron chi connectivity index (χ1n) is 13.2. The molecule has 0 aliphatic carbocycles. The quantitative estimate of drug-likeness (QED) is 0.519. The van der Waals surface area contributed by atoms with E-state index in [1.165, 1.54) is 0 Å². The third-order valence-electron chi connectivity index (χ3n) is 8.25. The molecule has 1 amide bonds. The van der Waals surface area contributed by atoms with E-state index >= 15 is 0 Å². The van der Waals surface area contributed by atoms with Crippen LogP contribution in [-0.4, -0.2) is 66.4 Å². The number of nitrogens with one attached hydrogen (secondary N) is 1. The molecule has 8 nitrogen and oxygen atoms in total. The first kappa shape index (κ1) is 25.5. The molecule has 0 saturated carbocycles. The van der Waals surface area contributed by atoms with E-state index in [0.29, 0.717) is 38.2 Å². The molecule has 0 bridgehead atoms. The summed E-state index contributed by atoms with van der Waals surface area (Å²) in [6, 6.07) is 15.2. The van der Waals surface area contributed by atoms with Crippen LogP contribution >= 0.6 is 0 Å². The lowest BCUT2D eigenvalue weighted by Gasteiger charge is -2.54. The summed E-state index contributed by atoms with van der Waals surface area (Å²) >= 11 is 0. The lowest BCUT2D eigenvalue weighted by atomic mass is 9.68. The molecule has 3 aliphatic heterocycles. The molecule has 2 saturated heterocycles. The van der Waals surface area contributed by atoms with Crippen LogP contribution in [0.15, 0.2) is 48.5 Å². The Labute approximate surface area is 217 Å². The normalized spacial score (nSPS) is 28.3. The maximum absolute atomic E-state index is 13.7. The number of likely N-dealkylation sites (N-methyl/N-ethyl adjacent to an activating group) is 1. The highest BCUT2D eigenvalue weighted by Gasteiger charge is 2.57. The number of fused-ring (bicyclic) bond motifs is 3. The number of hydrogen-bond donors (Lipinski definition) is 2. The summed E-state index contributed by atoms with van der Waals surface area (Å²) in [6.07, 6.45) is 2.66. The Kier molecular flexibility index (Phi) is 7.14. The molecule has 8 heteroatoms. The highest BCUT2D eigenvalue weighted by Crippen LogP contribution is 2.55. The number of likely N-dealkylation sites (tertiary alicyclic amines) is 1. The monoisotopic (exact) mass is 508 g/mol. The Morgan fingerprint density at radius 2 is 1.97 bits per heavy atom. The largest absolute Gasteiger partial charge is 0.492 e. The van der Waals surface area contributed by atoms with E-state index in [9.17, 15) is 14.7 Å². The van der Waals surface area contributed by atoms with Gasteiger partial charge in [0.2, 0.25) is 0 Å². The molecule has 37 heavy (non-hydrogen) atoms. The maximum Gasteiger partial charge on any atom is 0.303 e. The smallest absolute Gasteiger partial charge is 0.303 e. The van der Waals surface area contributed by atoms with Gasteiger partial charge in [-0.15, -0.1) is 0 Å². The summed E-state index contributed by atoms with van der Waals surface area (Å²) in [4.78, 5) is 27.2. The van der Waals surface area contributed by atoms with Crippen LogP contribution in [0.25, 0.3) is 0 Å². The van der Waals surface area contributed by atoms with Crippen molar-refractivity contribution in [2.45, 2.75) is 56.3 Å². The molecule has 2 aromatic carbocycles. The summed E-state index contributed by atoms with van der Waals surface area (Å²) in [5.41, 5.74) is 0.470. The predicted octanol–water partition coefficient (Wildman–Crippen LogP) is 4.05. The molecule has 3 heterocycles. The molecular weight excluding hydrogens is 472 g/mol. The summed E-state index contributed by atoms with van der Waals surface area (Å²) in [7, 11) is 1.88. The first-order chi connectivity index (χ1) is 17.8. The highest BCUT2D eigenvalue weighted by molar-refractivity contribution is 5.95. The molecule has 0 radical (unpaired) electrons. The van der Waals surface area contributed by atoms with Gasteiger partial charge in [0.25, 0.3) is 5.91 Å². The van der Waals surface area contributed by atoms with Crippen LogP contribution in [0.3, 0.4) is 0 Å². The number of benzene rings is 2. The second-order valence-electron chi connectivity index (χ2n) is 10.6. The van der Waals surface area contributed by atoms with Crippen LogP contribution in [0.5, 0.6) is 11.5 Å². The fourth-order valence-corrected chi connectivity index (χ4v) is 6.24. The predicted molar refractivity (Wildman–Crippen MR) is 138 cm³/mol. The van der Waals surface area contributed by atoms with Gasteiger partial charge in [-0.3, -0.25) is 9.59 Å². The molecule has 3 aliphatic rings. The van der Waals surface area contributed by atoms with Crippen molar-refractivity contribution in [1.29, 1.82) is 0 Å². The van der Waals surface area contributed by atoms with Gasteiger partial charge in [0.05, 0.1) is 18.2 Å². The van der Waals surface area contributed by atoms with Crippen LogP contribution in [0.1, 0.15) is 61.1 Å². The number of aliphatic carboxylic acids is 1. The zero-order valence-corrected chi connectivity index (χ0v) is 21.6. The van der Waals surface area contributed by atoms with E-state index in [4.69, 9.17) is 14.2 Å². The fourth-order valence-electron chi connectivity index (χ4n) is 6.24. The average Bonchev–Trinajstić information content (AvgIpc) is 3.30. The van der Waals surface area contributed by atoms with E-state index in [2.05, 4.69) is 5.32 Å². The number of carboxylic acids is 1. The van der Waals surface area contributed by atoms with Gasteiger partial charge < -0.3 is 29.5 Å². The minimum absolute atomic E-state index is 0.00862. The number of carbonyl (C=O) groups excluding carboxylic acids is 1. The maximum atomic E-state index is 13.7. The van der Waals surface area contributed by atoms with Crippen molar-refractivity contribution in [3.63, 3.8) is 0 Å². The van der Waals surface area contributed by atoms with E-state index in [1.54, 1.807) is 0 Å². The van der Waals surface area contributed by atoms with E-state index < -0.39 is 17.1 Å². The van der Waals surface area contributed by atoms with Crippen LogP contribution < -0.4 is 14.8 Å². The molecule has 198 valence electrons. The van der Waals surface area contributed by atoms with Crippen LogP contribution in [0, 0.1) is 5.92 Å². The van der Waals surface area contributed by atoms with Crippen molar-refractivity contribution in [2.75, 3.05) is 33.4 Å². The molecule has 0 aromatic heterocycles. The average molecular weight is 509 g/mol.